The highest BCUT2D eigenvalue weighted by molar-refractivity contribution is 7.92. The Hall–Kier alpha value is -2.38. The van der Waals surface area contributed by atoms with Crippen LogP contribution in [0.4, 0.5) is 5.69 Å². The molecule has 0 radical (unpaired) electrons. The van der Waals surface area contributed by atoms with E-state index < -0.39 is 10.0 Å². The molecule has 0 saturated heterocycles. The van der Waals surface area contributed by atoms with Gasteiger partial charge in [0.2, 0.25) is 0 Å². The summed E-state index contributed by atoms with van der Waals surface area (Å²) in [4.78, 5) is 12.0. The molecular weight excluding hydrogens is 326 g/mol. The maximum absolute atomic E-state index is 12.5. The molecule has 0 aliphatic carbocycles. The number of aryl methyl sites for hydroxylation is 1. The predicted molar refractivity (Wildman–Crippen MR) is 94.3 cm³/mol. The van der Waals surface area contributed by atoms with Gasteiger partial charge in [-0.15, -0.1) is 0 Å². The molecule has 0 bridgehead atoms. The van der Waals surface area contributed by atoms with E-state index >= 15 is 0 Å². The standard InChI is InChI=1S/C17H21N3O3S/c1-12-6-5-7-16(13(12)2)19-24(22,23)15-10-8-14(9-11-15)17(21)18-20(3)4/h5-11,19H,1-4H3,(H,18,21). The maximum atomic E-state index is 12.5. The number of anilines is 1. The van der Waals surface area contributed by atoms with Crippen molar-refractivity contribution in [3.8, 4) is 0 Å². The van der Waals surface area contributed by atoms with E-state index in [1.165, 1.54) is 29.3 Å². The minimum Gasteiger partial charge on any atom is -0.285 e. The molecule has 7 heteroatoms. The number of nitrogens with zero attached hydrogens (tertiary/aromatic N) is 1. The maximum Gasteiger partial charge on any atom is 0.265 e. The number of hydrogen-bond acceptors (Lipinski definition) is 4. The van der Waals surface area contributed by atoms with Crippen LogP contribution in [-0.4, -0.2) is 33.4 Å². The first-order valence-corrected chi connectivity index (χ1v) is 8.86. The lowest BCUT2D eigenvalue weighted by Gasteiger charge is -2.13. The number of carbonyl (C=O) groups is 1. The van der Waals surface area contributed by atoms with E-state index in [0.29, 0.717) is 11.3 Å². The fourth-order valence-corrected chi connectivity index (χ4v) is 3.24. The van der Waals surface area contributed by atoms with Gasteiger partial charge in [0.25, 0.3) is 15.9 Å². The van der Waals surface area contributed by atoms with E-state index in [-0.39, 0.29) is 10.8 Å². The van der Waals surface area contributed by atoms with Crippen LogP contribution in [0, 0.1) is 13.8 Å². The van der Waals surface area contributed by atoms with Gasteiger partial charge in [-0.25, -0.2) is 13.4 Å². The van der Waals surface area contributed by atoms with Gasteiger partial charge in [-0.3, -0.25) is 14.9 Å². The summed E-state index contributed by atoms with van der Waals surface area (Å²) in [6.07, 6.45) is 0. The van der Waals surface area contributed by atoms with E-state index in [1.807, 2.05) is 19.9 Å². The molecule has 0 saturated carbocycles. The molecule has 0 unspecified atom stereocenters. The van der Waals surface area contributed by atoms with E-state index in [0.717, 1.165) is 11.1 Å². The summed E-state index contributed by atoms with van der Waals surface area (Å²) in [7, 11) is -0.312. The molecule has 0 spiro atoms. The molecule has 0 fully saturated rings. The summed E-state index contributed by atoms with van der Waals surface area (Å²) < 4.78 is 27.6. The van der Waals surface area contributed by atoms with E-state index in [4.69, 9.17) is 0 Å². The average molecular weight is 347 g/mol. The molecule has 0 aromatic heterocycles. The minimum absolute atomic E-state index is 0.102. The first-order valence-electron chi connectivity index (χ1n) is 7.38. The van der Waals surface area contributed by atoms with Crippen molar-refractivity contribution in [2.75, 3.05) is 18.8 Å². The largest absolute Gasteiger partial charge is 0.285 e. The number of hydrogen-bond donors (Lipinski definition) is 2. The number of rotatable bonds is 5. The van der Waals surface area contributed by atoms with E-state index in [2.05, 4.69) is 10.1 Å². The van der Waals surface area contributed by atoms with Gasteiger partial charge < -0.3 is 0 Å². The summed E-state index contributed by atoms with van der Waals surface area (Å²) in [5.41, 5.74) is 5.41. The smallest absolute Gasteiger partial charge is 0.265 e. The highest BCUT2D eigenvalue weighted by atomic mass is 32.2. The second-order valence-corrected chi connectivity index (χ2v) is 7.40. The molecule has 1 amide bonds. The highest BCUT2D eigenvalue weighted by Crippen LogP contribution is 2.22. The Morgan fingerprint density at radius 2 is 1.62 bits per heavy atom. The van der Waals surface area contributed by atoms with Gasteiger partial charge in [-0.1, -0.05) is 12.1 Å². The van der Waals surface area contributed by atoms with Crippen molar-refractivity contribution in [3.63, 3.8) is 0 Å². The van der Waals surface area contributed by atoms with Crippen LogP contribution >= 0.6 is 0 Å². The van der Waals surface area contributed by atoms with Gasteiger partial charge in [0.05, 0.1) is 10.6 Å². The second-order valence-electron chi connectivity index (χ2n) is 5.71. The van der Waals surface area contributed by atoms with Gasteiger partial charge >= 0.3 is 0 Å². The second kappa shape index (κ2) is 7.02. The van der Waals surface area contributed by atoms with Crippen molar-refractivity contribution in [3.05, 3.63) is 59.2 Å². The third kappa shape index (κ3) is 4.12. The Bertz CT molecular complexity index is 844. The summed E-state index contributed by atoms with van der Waals surface area (Å²) in [5.74, 6) is -0.300. The van der Waals surface area contributed by atoms with Gasteiger partial charge in [0.15, 0.2) is 0 Å². The lowest BCUT2D eigenvalue weighted by atomic mass is 10.1. The van der Waals surface area contributed by atoms with Crippen LogP contribution in [0.15, 0.2) is 47.4 Å². The van der Waals surface area contributed by atoms with Crippen LogP contribution < -0.4 is 10.1 Å². The monoisotopic (exact) mass is 347 g/mol. The quantitative estimate of drug-likeness (QED) is 0.814. The molecule has 2 aromatic carbocycles. The molecular formula is C17H21N3O3S. The van der Waals surface area contributed by atoms with Crippen molar-refractivity contribution < 1.29 is 13.2 Å². The molecule has 0 aliphatic rings. The molecule has 2 aromatic rings. The lowest BCUT2D eigenvalue weighted by Crippen LogP contribution is -2.36. The molecule has 128 valence electrons. The summed E-state index contributed by atoms with van der Waals surface area (Å²) in [5, 5.41) is 1.52. The van der Waals surface area contributed by atoms with Crippen LogP contribution in [0.2, 0.25) is 0 Å². The topological polar surface area (TPSA) is 78.5 Å². The number of amides is 1. The normalized spacial score (nSPS) is 11.4. The SMILES string of the molecule is Cc1cccc(NS(=O)(=O)c2ccc(C(=O)NN(C)C)cc2)c1C. The zero-order chi connectivity index (χ0) is 17.9. The molecule has 2 rings (SSSR count). The molecule has 0 heterocycles. The number of nitrogens with one attached hydrogen (secondary N) is 2. The number of sulfonamides is 1. The molecule has 0 atom stereocenters. The van der Waals surface area contributed by atoms with Crippen molar-refractivity contribution in [1.29, 1.82) is 0 Å². The Balaban J connectivity index is 2.24. The van der Waals surface area contributed by atoms with Crippen LogP contribution in [-0.2, 0) is 10.0 Å². The van der Waals surface area contributed by atoms with Crippen molar-refractivity contribution in [2.24, 2.45) is 0 Å². The van der Waals surface area contributed by atoms with Crippen molar-refractivity contribution in [2.45, 2.75) is 18.7 Å². The van der Waals surface area contributed by atoms with Gasteiger partial charge in [0.1, 0.15) is 0 Å². The van der Waals surface area contributed by atoms with Crippen molar-refractivity contribution >= 4 is 21.6 Å². The van der Waals surface area contributed by atoms with Crippen LogP contribution in [0.5, 0.6) is 0 Å². The Kier molecular flexibility index (Phi) is 5.26. The third-order valence-corrected chi connectivity index (χ3v) is 4.98. The highest BCUT2D eigenvalue weighted by Gasteiger charge is 2.16. The zero-order valence-electron chi connectivity index (χ0n) is 14.1. The summed E-state index contributed by atoms with van der Waals surface area (Å²) in [6, 6.07) is 11.2. The first kappa shape index (κ1) is 18.0. The molecule has 2 N–H and O–H groups in total. The predicted octanol–water partition coefficient (Wildman–Crippen LogP) is 2.31. The van der Waals surface area contributed by atoms with Gasteiger partial charge in [-0.2, -0.15) is 0 Å². The summed E-state index contributed by atoms with van der Waals surface area (Å²) >= 11 is 0. The Morgan fingerprint density at radius 1 is 1.00 bits per heavy atom. The van der Waals surface area contributed by atoms with Crippen LogP contribution in [0.1, 0.15) is 21.5 Å². The Labute approximate surface area is 142 Å². The van der Waals surface area contributed by atoms with E-state index in [9.17, 15) is 13.2 Å². The third-order valence-electron chi connectivity index (χ3n) is 3.60. The fourth-order valence-electron chi connectivity index (χ4n) is 2.12. The number of carbonyl (C=O) groups excluding carboxylic acids is 1. The van der Waals surface area contributed by atoms with Crippen molar-refractivity contribution in [1.82, 2.24) is 10.4 Å². The summed E-state index contributed by atoms with van der Waals surface area (Å²) in [6.45, 7) is 3.78. The lowest BCUT2D eigenvalue weighted by molar-refractivity contribution is 0.0857. The average Bonchev–Trinajstić information content (AvgIpc) is 2.51. The number of benzene rings is 2. The fraction of sp³-hybridized carbons (Fsp3) is 0.235. The van der Waals surface area contributed by atoms with E-state index in [1.54, 1.807) is 26.2 Å². The number of hydrazine groups is 1. The molecule has 0 aliphatic heterocycles. The zero-order valence-corrected chi connectivity index (χ0v) is 14.9. The Morgan fingerprint density at radius 3 is 2.21 bits per heavy atom. The molecule has 24 heavy (non-hydrogen) atoms. The van der Waals surface area contributed by atoms with Crippen LogP contribution in [0.3, 0.4) is 0 Å². The molecule has 6 nitrogen and oxygen atoms in total. The van der Waals surface area contributed by atoms with Gasteiger partial charge in [0, 0.05) is 19.7 Å². The first-order chi connectivity index (χ1) is 11.2. The van der Waals surface area contributed by atoms with Gasteiger partial charge in [-0.05, 0) is 55.3 Å². The minimum atomic E-state index is -3.71. The van der Waals surface area contributed by atoms with Crippen LogP contribution in [0.25, 0.3) is 0 Å².